The summed E-state index contributed by atoms with van der Waals surface area (Å²) in [4.78, 5) is 71.5. The molecule has 2 heterocycles. The van der Waals surface area contributed by atoms with E-state index < -0.39 is 36.2 Å². The van der Waals surface area contributed by atoms with Crippen molar-refractivity contribution >= 4 is 62.5 Å². The monoisotopic (exact) mass is 676 g/mol. The predicted octanol–water partition coefficient (Wildman–Crippen LogP) is 6.05. The zero-order valence-corrected chi connectivity index (χ0v) is 26.3. The van der Waals surface area contributed by atoms with Crippen LogP contribution in [-0.2, 0) is 16.1 Å². The molecule has 2 atom stereocenters. The molecular formula is C36H29BrN4O5. The van der Waals surface area contributed by atoms with Gasteiger partial charge in [0, 0.05) is 21.8 Å². The number of amides is 5. The summed E-state index contributed by atoms with van der Waals surface area (Å²) in [7, 11) is 0. The van der Waals surface area contributed by atoms with Gasteiger partial charge in [-0.15, -0.1) is 0 Å². The second-order valence-corrected chi connectivity index (χ2v) is 12.6. The maximum absolute atomic E-state index is 14.2. The van der Waals surface area contributed by atoms with Gasteiger partial charge < -0.3 is 15.1 Å². The zero-order valence-electron chi connectivity index (χ0n) is 24.7. The van der Waals surface area contributed by atoms with E-state index in [1.165, 1.54) is 0 Å². The second kappa shape index (κ2) is 12.0. The Hall–Kier alpha value is -5.09. The summed E-state index contributed by atoms with van der Waals surface area (Å²) in [5.74, 6) is -2.11. The van der Waals surface area contributed by atoms with E-state index in [0.717, 1.165) is 21.4 Å². The standard InChI is InChI=1S/C36H29BrN4O5/c37-24-16-14-23(15-17-24)33(43)38-25-18-12-22(13-19-25)20-39-30-9-3-4-10-31(30)41(29-11-5-8-28(29)36(39)46)32(42)21-40-34(44)26-6-1-2-7-27(26)35(40)45/h1-4,6-7,9-10,12-19,28-29H,5,8,11,20-21H2,(H,38,43). The Balaban J connectivity index is 1.14. The molecular weight excluding hydrogens is 648 g/mol. The number of rotatable bonds is 6. The molecule has 1 aliphatic carbocycles. The Labute approximate surface area is 273 Å². The molecule has 9 nitrogen and oxygen atoms in total. The Bertz CT molecular complexity index is 1860. The third-order valence-electron chi connectivity index (χ3n) is 8.93. The minimum Gasteiger partial charge on any atom is -0.322 e. The molecule has 1 fully saturated rings. The fourth-order valence-corrected chi connectivity index (χ4v) is 6.95. The number of carbonyl (C=O) groups excluding carboxylic acids is 5. The fraction of sp³-hybridized carbons (Fsp3) is 0.194. The number of benzene rings is 4. The molecule has 7 rings (SSSR count). The van der Waals surface area contributed by atoms with Crippen LogP contribution >= 0.6 is 15.9 Å². The Kier molecular flexibility index (Phi) is 7.74. The van der Waals surface area contributed by atoms with E-state index in [-0.39, 0.29) is 29.5 Å². The number of anilines is 3. The number of carbonyl (C=O) groups is 5. The summed E-state index contributed by atoms with van der Waals surface area (Å²) in [6.07, 6.45) is 2.05. The van der Waals surface area contributed by atoms with Gasteiger partial charge in [-0.05, 0) is 79.1 Å². The van der Waals surface area contributed by atoms with E-state index in [2.05, 4.69) is 21.2 Å². The van der Waals surface area contributed by atoms with E-state index in [0.29, 0.717) is 35.5 Å². The number of halogens is 1. The van der Waals surface area contributed by atoms with Crippen LogP contribution in [0.5, 0.6) is 0 Å². The summed E-state index contributed by atoms with van der Waals surface area (Å²) in [6.45, 7) is -0.147. The van der Waals surface area contributed by atoms with Gasteiger partial charge in [0.25, 0.3) is 17.7 Å². The van der Waals surface area contributed by atoms with Crippen LogP contribution in [-0.4, -0.2) is 47.0 Å². The van der Waals surface area contributed by atoms with E-state index in [1.54, 1.807) is 58.3 Å². The highest BCUT2D eigenvalue weighted by Gasteiger charge is 2.47. The third-order valence-corrected chi connectivity index (χ3v) is 9.45. The van der Waals surface area contributed by atoms with Crippen molar-refractivity contribution in [1.82, 2.24) is 4.90 Å². The maximum atomic E-state index is 14.2. The molecule has 1 saturated carbocycles. The number of nitrogens with one attached hydrogen (secondary N) is 1. The van der Waals surface area contributed by atoms with Crippen LogP contribution in [0.15, 0.2) is 102 Å². The highest BCUT2D eigenvalue weighted by atomic mass is 79.9. The number of hydrogen-bond donors (Lipinski definition) is 1. The summed E-state index contributed by atoms with van der Waals surface area (Å²) >= 11 is 3.38. The number of fused-ring (bicyclic) bond motifs is 3. The summed E-state index contributed by atoms with van der Waals surface area (Å²) in [5.41, 5.74) is 3.75. The van der Waals surface area contributed by atoms with E-state index in [1.807, 2.05) is 48.5 Å². The number of imide groups is 1. The molecule has 5 amide bonds. The first kappa shape index (κ1) is 29.6. The lowest BCUT2D eigenvalue weighted by Gasteiger charge is -2.31. The van der Waals surface area contributed by atoms with Gasteiger partial charge in [0.1, 0.15) is 6.54 Å². The largest absolute Gasteiger partial charge is 0.322 e. The smallest absolute Gasteiger partial charge is 0.262 e. The van der Waals surface area contributed by atoms with E-state index in [4.69, 9.17) is 0 Å². The minimum absolute atomic E-state index is 0.0707. The highest BCUT2D eigenvalue weighted by molar-refractivity contribution is 9.10. The van der Waals surface area contributed by atoms with Crippen LogP contribution in [0.2, 0.25) is 0 Å². The first-order valence-corrected chi connectivity index (χ1v) is 15.9. The summed E-state index contributed by atoms with van der Waals surface area (Å²) < 4.78 is 0.886. The first-order chi connectivity index (χ1) is 22.3. The van der Waals surface area contributed by atoms with Crippen LogP contribution in [0.4, 0.5) is 17.1 Å². The van der Waals surface area contributed by atoms with Gasteiger partial charge in [-0.2, -0.15) is 0 Å². The molecule has 4 aromatic carbocycles. The number of hydrogen-bond acceptors (Lipinski definition) is 5. The molecule has 2 aliphatic heterocycles. The fourth-order valence-electron chi connectivity index (χ4n) is 6.69. The Morgan fingerprint density at radius 3 is 2.04 bits per heavy atom. The Morgan fingerprint density at radius 1 is 0.739 bits per heavy atom. The average Bonchev–Trinajstić information content (AvgIpc) is 3.62. The van der Waals surface area contributed by atoms with Crippen LogP contribution in [0.25, 0.3) is 0 Å². The molecule has 0 bridgehead atoms. The van der Waals surface area contributed by atoms with E-state index >= 15 is 0 Å². The molecule has 230 valence electrons. The third kappa shape index (κ3) is 5.28. The topological polar surface area (TPSA) is 107 Å². The molecule has 3 aliphatic rings. The van der Waals surface area contributed by atoms with Crippen LogP contribution in [0, 0.1) is 5.92 Å². The first-order valence-electron chi connectivity index (χ1n) is 15.1. The second-order valence-electron chi connectivity index (χ2n) is 11.7. The van der Waals surface area contributed by atoms with Gasteiger partial charge in [0.05, 0.1) is 35.0 Å². The minimum atomic E-state index is -0.491. The zero-order chi connectivity index (χ0) is 31.9. The van der Waals surface area contributed by atoms with E-state index in [9.17, 15) is 24.0 Å². The molecule has 4 aromatic rings. The van der Waals surface area contributed by atoms with Crippen molar-refractivity contribution < 1.29 is 24.0 Å². The van der Waals surface area contributed by atoms with Gasteiger partial charge in [0.15, 0.2) is 0 Å². The summed E-state index contributed by atoms with van der Waals surface area (Å²) in [6, 6.07) is 27.9. The number of nitrogens with zero attached hydrogens (tertiary/aromatic N) is 3. The normalized spacial score (nSPS) is 18.6. The quantitative estimate of drug-likeness (QED) is 0.251. The van der Waals surface area contributed by atoms with Crippen LogP contribution < -0.4 is 15.1 Å². The van der Waals surface area contributed by atoms with Gasteiger partial charge in [-0.3, -0.25) is 28.9 Å². The molecule has 1 N–H and O–H groups in total. The summed E-state index contributed by atoms with van der Waals surface area (Å²) in [5, 5.41) is 2.90. The van der Waals surface area contributed by atoms with Crippen molar-refractivity contribution in [3.05, 3.63) is 124 Å². The highest BCUT2D eigenvalue weighted by Crippen LogP contribution is 2.43. The average molecular weight is 678 g/mol. The Morgan fingerprint density at radius 2 is 1.37 bits per heavy atom. The molecule has 46 heavy (non-hydrogen) atoms. The lowest BCUT2D eigenvalue weighted by atomic mass is 10.0. The lowest BCUT2D eigenvalue weighted by molar-refractivity contribution is -0.123. The van der Waals surface area contributed by atoms with Gasteiger partial charge in [0.2, 0.25) is 11.8 Å². The van der Waals surface area contributed by atoms with Crippen LogP contribution in [0.3, 0.4) is 0 Å². The van der Waals surface area contributed by atoms with Crippen molar-refractivity contribution in [2.75, 3.05) is 21.7 Å². The predicted molar refractivity (Wildman–Crippen MR) is 177 cm³/mol. The van der Waals surface area contributed by atoms with Crippen molar-refractivity contribution in [3.63, 3.8) is 0 Å². The molecule has 0 spiro atoms. The van der Waals surface area contributed by atoms with Crippen molar-refractivity contribution in [2.24, 2.45) is 5.92 Å². The maximum Gasteiger partial charge on any atom is 0.262 e. The molecule has 2 unspecified atom stereocenters. The number of para-hydroxylation sites is 2. The molecule has 0 saturated heterocycles. The molecule has 0 radical (unpaired) electrons. The van der Waals surface area contributed by atoms with Crippen molar-refractivity contribution in [3.8, 4) is 0 Å². The SMILES string of the molecule is O=C(Nc1ccc(CN2C(=O)C3CCCC3N(C(=O)CN3C(=O)c4ccccc4C3=O)c3ccccc32)cc1)c1ccc(Br)cc1. The van der Waals surface area contributed by atoms with Crippen LogP contribution in [0.1, 0.15) is 55.9 Å². The molecule has 10 heteroatoms. The van der Waals surface area contributed by atoms with Crippen molar-refractivity contribution in [2.45, 2.75) is 31.8 Å². The van der Waals surface area contributed by atoms with Gasteiger partial charge in [-0.1, -0.05) is 58.7 Å². The lowest BCUT2D eigenvalue weighted by Crippen LogP contribution is -2.49. The van der Waals surface area contributed by atoms with Gasteiger partial charge >= 0.3 is 0 Å². The molecule has 0 aromatic heterocycles. The van der Waals surface area contributed by atoms with Crippen molar-refractivity contribution in [1.29, 1.82) is 0 Å². The van der Waals surface area contributed by atoms with Gasteiger partial charge in [-0.25, -0.2) is 0 Å².